The predicted molar refractivity (Wildman–Crippen MR) is 110 cm³/mol. The molecular formula is C19H21ClN6OS. The van der Waals surface area contributed by atoms with Crippen LogP contribution in [0.2, 0.25) is 5.02 Å². The molecule has 1 aromatic carbocycles. The van der Waals surface area contributed by atoms with Crippen LogP contribution in [-0.2, 0) is 4.79 Å². The summed E-state index contributed by atoms with van der Waals surface area (Å²) in [4.78, 5) is 19.1. The maximum Gasteiger partial charge on any atom is 0.233 e. The molecule has 2 N–H and O–H groups in total. The first-order chi connectivity index (χ1) is 13.5. The van der Waals surface area contributed by atoms with Crippen molar-refractivity contribution in [1.29, 1.82) is 5.41 Å². The molecule has 7 nitrogen and oxygen atoms in total. The zero-order valence-electron chi connectivity index (χ0n) is 15.8. The van der Waals surface area contributed by atoms with Crippen molar-refractivity contribution in [2.24, 2.45) is 0 Å². The van der Waals surface area contributed by atoms with Crippen LogP contribution in [0.4, 0.5) is 0 Å². The van der Waals surface area contributed by atoms with Gasteiger partial charge in [-0.1, -0.05) is 29.4 Å². The first-order valence-corrected chi connectivity index (χ1v) is 10.5. The predicted octanol–water partition coefficient (Wildman–Crippen LogP) is 3.21. The highest BCUT2D eigenvalue weighted by Gasteiger charge is 2.21. The monoisotopic (exact) mass is 416 g/mol. The number of thioether (sulfide) groups is 1. The fourth-order valence-corrected chi connectivity index (χ4v) is 4.55. The molecule has 0 aliphatic carbocycles. The fourth-order valence-electron chi connectivity index (χ4n) is 3.47. The topological polar surface area (TPSA) is 90.7 Å². The quantitative estimate of drug-likeness (QED) is 0.504. The number of fused-ring (bicyclic) bond motifs is 1. The number of halogens is 1. The summed E-state index contributed by atoms with van der Waals surface area (Å²) >= 11 is 7.66. The Balaban J connectivity index is 1.81. The summed E-state index contributed by atoms with van der Waals surface area (Å²) in [5, 5.41) is 17.8. The zero-order valence-corrected chi connectivity index (χ0v) is 17.3. The van der Waals surface area contributed by atoms with Gasteiger partial charge >= 0.3 is 0 Å². The van der Waals surface area contributed by atoms with Crippen molar-refractivity contribution in [3.8, 4) is 5.69 Å². The van der Waals surface area contributed by atoms with E-state index in [-0.39, 0.29) is 17.1 Å². The van der Waals surface area contributed by atoms with Gasteiger partial charge in [-0.15, -0.1) is 0 Å². The maximum absolute atomic E-state index is 12.5. The highest BCUT2D eigenvalue weighted by Crippen LogP contribution is 2.27. The Kier molecular flexibility index (Phi) is 5.16. The van der Waals surface area contributed by atoms with Gasteiger partial charge in [-0.3, -0.25) is 19.9 Å². The number of benzene rings is 1. The molecule has 1 saturated heterocycles. The van der Waals surface area contributed by atoms with Crippen LogP contribution in [0, 0.1) is 19.3 Å². The third-order valence-corrected chi connectivity index (χ3v) is 6.38. The second kappa shape index (κ2) is 7.60. The Labute approximate surface area is 171 Å². The van der Waals surface area contributed by atoms with Crippen molar-refractivity contribution < 1.29 is 4.79 Å². The molecule has 0 radical (unpaired) electrons. The van der Waals surface area contributed by atoms with Crippen molar-refractivity contribution in [3.05, 3.63) is 40.0 Å². The summed E-state index contributed by atoms with van der Waals surface area (Å²) < 4.78 is 1.76. The zero-order chi connectivity index (χ0) is 19.8. The molecule has 0 atom stereocenters. The van der Waals surface area contributed by atoms with Crippen LogP contribution in [0.15, 0.2) is 23.4 Å². The summed E-state index contributed by atoms with van der Waals surface area (Å²) in [5.41, 5.74) is 3.18. The van der Waals surface area contributed by atoms with Gasteiger partial charge in [0.1, 0.15) is 5.49 Å². The Bertz CT molecular complexity index is 1120. The molecule has 9 heteroatoms. The van der Waals surface area contributed by atoms with Gasteiger partial charge in [0.05, 0.1) is 16.8 Å². The van der Waals surface area contributed by atoms with Gasteiger partial charge in [0.15, 0.2) is 10.8 Å². The number of nitrogens with one attached hydrogen (secondary N) is 2. The average Bonchev–Trinajstić information content (AvgIpc) is 3.33. The summed E-state index contributed by atoms with van der Waals surface area (Å²) in [6.45, 7) is 5.43. The van der Waals surface area contributed by atoms with Crippen LogP contribution < -0.4 is 5.49 Å². The molecule has 0 unspecified atom stereocenters. The van der Waals surface area contributed by atoms with Crippen LogP contribution in [0.3, 0.4) is 0 Å². The smallest absolute Gasteiger partial charge is 0.233 e. The number of H-pyrrole nitrogens is 1. The standard InChI is InChI=1S/C19H21ClN6OS/c1-11-13(20)6-5-7-14(11)26-17(21)16-12(2)23-24-18(16)22-19(26)28-10-15(27)25-8-3-4-9-25/h5-7,21H,3-4,8-10H2,1-2H3,(H,23,24). The molecule has 146 valence electrons. The number of carbonyl (C=O) groups is 1. The minimum atomic E-state index is 0.100. The Morgan fingerprint density at radius 1 is 1.32 bits per heavy atom. The number of aromatic nitrogens is 4. The van der Waals surface area contributed by atoms with E-state index in [1.807, 2.05) is 36.9 Å². The molecular weight excluding hydrogens is 396 g/mol. The minimum Gasteiger partial charge on any atom is -0.342 e. The number of hydrogen-bond donors (Lipinski definition) is 2. The fraction of sp³-hybridized carbons (Fsp3) is 0.368. The second-order valence-corrected chi connectivity index (χ2v) is 8.24. The lowest BCUT2D eigenvalue weighted by Crippen LogP contribution is -2.30. The first kappa shape index (κ1) is 19.0. The van der Waals surface area contributed by atoms with E-state index in [9.17, 15) is 4.79 Å². The molecule has 1 fully saturated rings. The summed E-state index contributed by atoms with van der Waals surface area (Å²) in [7, 11) is 0. The molecule has 3 heterocycles. The van der Waals surface area contributed by atoms with Gasteiger partial charge in [-0.2, -0.15) is 5.10 Å². The van der Waals surface area contributed by atoms with E-state index in [0.29, 0.717) is 21.2 Å². The highest BCUT2D eigenvalue weighted by molar-refractivity contribution is 7.99. The number of aryl methyl sites for hydroxylation is 1. The Hall–Kier alpha value is -2.32. The van der Waals surface area contributed by atoms with Gasteiger partial charge in [0.2, 0.25) is 5.91 Å². The number of hydrogen-bond acceptors (Lipinski definition) is 5. The SMILES string of the molecule is Cc1c(Cl)cccc1-n1c(SCC(=O)N2CCCC2)nc2n[nH]c(C)c2c1=N. The largest absolute Gasteiger partial charge is 0.342 e. The van der Waals surface area contributed by atoms with Gasteiger partial charge < -0.3 is 4.90 Å². The molecule has 0 saturated carbocycles. The van der Waals surface area contributed by atoms with Gasteiger partial charge in [-0.25, -0.2) is 4.98 Å². The van der Waals surface area contributed by atoms with Crippen molar-refractivity contribution in [3.63, 3.8) is 0 Å². The third kappa shape index (κ3) is 3.31. The minimum absolute atomic E-state index is 0.100. The molecule has 0 bridgehead atoms. The van der Waals surface area contributed by atoms with Gasteiger partial charge in [-0.05, 0) is 44.4 Å². The lowest BCUT2D eigenvalue weighted by molar-refractivity contribution is -0.127. The highest BCUT2D eigenvalue weighted by atomic mass is 35.5. The molecule has 28 heavy (non-hydrogen) atoms. The lowest BCUT2D eigenvalue weighted by atomic mass is 10.2. The number of nitrogens with zero attached hydrogens (tertiary/aromatic N) is 4. The van der Waals surface area contributed by atoms with E-state index in [0.717, 1.165) is 42.9 Å². The third-order valence-electron chi connectivity index (χ3n) is 5.04. The molecule has 1 aliphatic heterocycles. The Morgan fingerprint density at radius 2 is 2.07 bits per heavy atom. The average molecular weight is 417 g/mol. The van der Waals surface area contributed by atoms with E-state index < -0.39 is 0 Å². The van der Waals surface area contributed by atoms with E-state index in [1.165, 1.54) is 11.8 Å². The molecule has 4 rings (SSSR count). The van der Waals surface area contributed by atoms with Crippen molar-refractivity contribution in [2.75, 3.05) is 18.8 Å². The van der Waals surface area contributed by atoms with Crippen molar-refractivity contribution >= 4 is 40.3 Å². The van der Waals surface area contributed by atoms with Crippen LogP contribution in [0.5, 0.6) is 0 Å². The van der Waals surface area contributed by atoms with Crippen molar-refractivity contribution in [2.45, 2.75) is 31.8 Å². The number of rotatable bonds is 4. The van der Waals surface area contributed by atoms with Gasteiger partial charge in [0.25, 0.3) is 0 Å². The second-order valence-electron chi connectivity index (χ2n) is 6.89. The number of carbonyl (C=O) groups excluding carboxylic acids is 1. The van der Waals surface area contributed by atoms with Crippen LogP contribution in [0.1, 0.15) is 24.1 Å². The molecule has 1 aliphatic rings. The normalized spacial score (nSPS) is 14.2. The summed E-state index contributed by atoms with van der Waals surface area (Å²) in [6.07, 6.45) is 2.12. The van der Waals surface area contributed by atoms with E-state index in [4.69, 9.17) is 17.0 Å². The molecule has 1 amide bonds. The van der Waals surface area contributed by atoms with E-state index >= 15 is 0 Å². The molecule has 3 aromatic rings. The number of likely N-dealkylation sites (tertiary alicyclic amines) is 1. The van der Waals surface area contributed by atoms with E-state index in [2.05, 4.69) is 15.2 Å². The maximum atomic E-state index is 12.5. The molecule has 2 aromatic heterocycles. The van der Waals surface area contributed by atoms with Crippen LogP contribution in [0.25, 0.3) is 16.7 Å². The first-order valence-electron chi connectivity index (χ1n) is 9.15. The van der Waals surface area contributed by atoms with Gasteiger partial charge in [0, 0.05) is 23.8 Å². The number of amides is 1. The summed E-state index contributed by atoms with van der Waals surface area (Å²) in [6, 6.07) is 5.59. The number of aromatic amines is 1. The van der Waals surface area contributed by atoms with Crippen LogP contribution >= 0.6 is 23.4 Å². The lowest BCUT2D eigenvalue weighted by Gasteiger charge is -2.18. The van der Waals surface area contributed by atoms with Crippen LogP contribution in [-0.4, -0.2) is 49.4 Å². The Morgan fingerprint density at radius 3 is 2.82 bits per heavy atom. The summed E-state index contributed by atoms with van der Waals surface area (Å²) in [5.74, 6) is 0.379. The van der Waals surface area contributed by atoms with Crippen molar-refractivity contribution in [1.82, 2.24) is 24.6 Å². The molecule has 0 spiro atoms. The van der Waals surface area contributed by atoms with E-state index in [1.54, 1.807) is 4.57 Å².